The average Bonchev–Trinajstić information content (AvgIpc) is 3.58. The van der Waals surface area contributed by atoms with Crippen molar-refractivity contribution in [1.82, 2.24) is 14.8 Å². The van der Waals surface area contributed by atoms with Gasteiger partial charge >= 0.3 is 0 Å². The summed E-state index contributed by atoms with van der Waals surface area (Å²) in [4.78, 5) is 21.9. The Morgan fingerprint density at radius 3 is 2.49 bits per heavy atom. The molecule has 4 aromatic rings. The Morgan fingerprint density at radius 1 is 0.971 bits per heavy atom. The lowest BCUT2D eigenvalue weighted by atomic mass is 10.2. The van der Waals surface area contributed by atoms with Crippen LogP contribution in [0.3, 0.4) is 0 Å². The summed E-state index contributed by atoms with van der Waals surface area (Å²) in [6.07, 6.45) is 0. The number of carbonyl (C=O) groups is 1. The number of carbonyl (C=O) groups excluding carboxylic acids is 1. The fourth-order valence-corrected chi connectivity index (χ4v) is 4.80. The van der Waals surface area contributed by atoms with Crippen molar-refractivity contribution in [3.05, 3.63) is 89.3 Å². The summed E-state index contributed by atoms with van der Waals surface area (Å²) in [7, 11) is 1.66. The maximum atomic E-state index is 12.9. The van der Waals surface area contributed by atoms with Crippen LogP contribution in [0.2, 0.25) is 0 Å². The van der Waals surface area contributed by atoms with E-state index in [1.807, 2.05) is 59.5 Å². The second-order valence-electron chi connectivity index (χ2n) is 8.31. The number of aromatic nitrogens is 1. The Morgan fingerprint density at radius 2 is 1.74 bits per heavy atom. The third kappa shape index (κ3) is 5.72. The number of hydrogen-bond donors (Lipinski definition) is 0. The lowest BCUT2D eigenvalue weighted by Gasteiger charge is -2.33. The molecule has 0 bridgehead atoms. The average molecular weight is 490 g/mol. The number of amides is 1. The molecule has 35 heavy (non-hydrogen) atoms. The lowest BCUT2D eigenvalue weighted by molar-refractivity contribution is 0.0593. The van der Waals surface area contributed by atoms with Gasteiger partial charge < -0.3 is 18.8 Å². The van der Waals surface area contributed by atoms with Gasteiger partial charge in [-0.25, -0.2) is 4.98 Å². The van der Waals surface area contributed by atoms with Gasteiger partial charge in [0, 0.05) is 43.7 Å². The maximum Gasteiger partial charge on any atom is 0.289 e. The van der Waals surface area contributed by atoms with Crippen LogP contribution in [0, 0.1) is 0 Å². The predicted octanol–water partition coefficient (Wildman–Crippen LogP) is 4.95. The first-order valence-corrected chi connectivity index (χ1v) is 12.4. The van der Waals surface area contributed by atoms with Crippen LogP contribution in [-0.2, 0) is 13.2 Å². The molecule has 1 fully saturated rings. The second kappa shape index (κ2) is 10.8. The highest BCUT2D eigenvalue weighted by atomic mass is 32.1. The molecule has 0 N–H and O–H groups in total. The van der Waals surface area contributed by atoms with Crippen molar-refractivity contribution in [2.24, 2.45) is 0 Å². The standard InChI is InChI=1S/C27H27N3O4S/c1-32-22-9-7-20(8-10-22)26-28-21(19-35-26)17-29-13-15-30(16-14-29)27(31)25-12-11-24(34-25)18-33-23-5-3-2-4-6-23/h2-12,19H,13-18H2,1H3. The van der Waals surface area contributed by atoms with Crippen LogP contribution in [-0.4, -0.2) is 54.0 Å². The minimum absolute atomic E-state index is 0.0777. The van der Waals surface area contributed by atoms with Crippen LogP contribution in [0.25, 0.3) is 10.6 Å². The number of furan rings is 1. The molecule has 2 aromatic carbocycles. The Kier molecular flexibility index (Phi) is 7.11. The smallest absolute Gasteiger partial charge is 0.289 e. The fraction of sp³-hybridized carbons (Fsp3) is 0.259. The molecule has 0 atom stereocenters. The highest BCUT2D eigenvalue weighted by Gasteiger charge is 2.25. The normalized spacial score (nSPS) is 14.1. The van der Waals surface area contributed by atoms with E-state index in [9.17, 15) is 4.79 Å². The van der Waals surface area contributed by atoms with Crippen LogP contribution in [0.4, 0.5) is 0 Å². The second-order valence-corrected chi connectivity index (χ2v) is 9.17. The number of nitrogens with zero attached hydrogens (tertiary/aromatic N) is 3. The Labute approximate surface area is 208 Å². The van der Waals surface area contributed by atoms with Crippen molar-refractivity contribution >= 4 is 17.2 Å². The van der Waals surface area contributed by atoms with E-state index >= 15 is 0 Å². The summed E-state index contributed by atoms with van der Waals surface area (Å²) in [6, 6.07) is 21.0. The molecule has 8 heteroatoms. The van der Waals surface area contributed by atoms with Gasteiger partial charge in [-0.15, -0.1) is 11.3 Å². The van der Waals surface area contributed by atoms with Gasteiger partial charge in [0.2, 0.25) is 0 Å². The van der Waals surface area contributed by atoms with E-state index in [2.05, 4.69) is 10.3 Å². The van der Waals surface area contributed by atoms with Crippen molar-refractivity contribution in [3.63, 3.8) is 0 Å². The molecule has 5 rings (SSSR count). The summed E-state index contributed by atoms with van der Waals surface area (Å²) < 4.78 is 16.7. The maximum absolute atomic E-state index is 12.9. The number of ether oxygens (including phenoxy) is 2. The third-order valence-electron chi connectivity index (χ3n) is 5.93. The molecule has 0 spiro atoms. The Balaban J connectivity index is 1.11. The summed E-state index contributed by atoms with van der Waals surface area (Å²) in [6.45, 7) is 3.97. The number of hydrogen-bond acceptors (Lipinski definition) is 7. The van der Waals surface area contributed by atoms with Crippen LogP contribution in [0.15, 0.2) is 76.5 Å². The summed E-state index contributed by atoms with van der Waals surface area (Å²) >= 11 is 1.65. The van der Waals surface area contributed by atoms with Gasteiger partial charge in [-0.3, -0.25) is 9.69 Å². The zero-order valence-electron chi connectivity index (χ0n) is 19.6. The number of benzene rings is 2. The van der Waals surface area contributed by atoms with Gasteiger partial charge in [0.05, 0.1) is 12.8 Å². The van der Waals surface area contributed by atoms with Crippen LogP contribution >= 0.6 is 11.3 Å². The third-order valence-corrected chi connectivity index (χ3v) is 6.87. The monoisotopic (exact) mass is 489 g/mol. The van der Waals surface area contributed by atoms with Crippen LogP contribution in [0.5, 0.6) is 11.5 Å². The van der Waals surface area contributed by atoms with E-state index in [0.29, 0.717) is 24.6 Å². The van der Waals surface area contributed by atoms with Gasteiger partial charge in [0.1, 0.15) is 28.9 Å². The van der Waals surface area contributed by atoms with Crippen LogP contribution < -0.4 is 9.47 Å². The first-order chi connectivity index (χ1) is 17.2. The van der Waals surface area contributed by atoms with Crippen LogP contribution in [0.1, 0.15) is 22.0 Å². The van der Waals surface area contributed by atoms with E-state index in [0.717, 1.165) is 47.4 Å². The first-order valence-electron chi connectivity index (χ1n) is 11.5. The van der Waals surface area contributed by atoms with E-state index in [4.69, 9.17) is 18.9 Å². The molecular formula is C27H27N3O4S. The SMILES string of the molecule is COc1ccc(-c2nc(CN3CCN(C(=O)c4ccc(COc5ccccc5)o4)CC3)cs2)cc1. The predicted molar refractivity (Wildman–Crippen MR) is 135 cm³/mol. The molecule has 1 saturated heterocycles. The molecule has 1 aliphatic heterocycles. The molecule has 0 unspecified atom stereocenters. The molecule has 180 valence electrons. The number of para-hydroxylation sites is 1. The lowest BCUT2D eigenvalue weighted by Crippen LogP contribution is -2.48. The number of piperazine rings is 1. The van der Waals surface area contributed by atoms with Crippen molar-refractivity contribution < 1.29 is 18.7 Å². The minimum Gasteiger partial charge on any atom is -0.497 e. The topological polar surface area (TPSA) is 68.0 Å². The zero-order chi connectivity index (χ0) is 24.0. The summed E-state index contributed by atoms with van der Waals surface area (Å²) in [5.41, 5.74) is 2.14. The van der Waals surface area contributed by atoms with E-state index in [-0.39, 0.29) is 12.5 Å². The van der Waals surface area contributed by atoms with Crippen molar-refractivity contribution in [1.29, 1.82) is 0 Å². The molecule has 1 amide bonds. The number of methoxy groups -OCH3 is 1. The van der Waals surface area contributed by atoms with Gasteiger partial charge in [0.25, 0.3) is 5.91 Å². The Hall–Kier alpha value is -3.62. The zero-order valence-corrected chi connectivity index (χ0v) is 20.4. The minimum atomic E-state index is -0.0777. The molecule has 0 saturated carbocycles. The van der Waals surface area contributed by atoms with E-state index in [1.165, 1.54) is 0 Å². The van der Waals surface area contributed by atoms with E-state index < -0.39 is 0 Å². The van der Waals surface area contributed by atoms with Gasteiger partial charge in [0.15, 0.2) is 5.76 Å². The highest BCUT2D eigenvalue weighted by Crippen LogP contribution is 2.26. The number of thiazole rings is 1. The molecule has 7 nitrogen and oxygen atoms in total. The first kappa shape index (κ1) is 23.1. The van der Waals surface area contributed by atoms with Crippen molar-refractivity contribution in [3.8, 4) is 22.1 Å². The Bertz CT molecular complexity index is 1240. The van der Waals surface area contributed by atoms with Gasteiger partial charge in [-0.05, 0) is 48.5 Å². The van der Waals surface area contributed by atoms with Gasteiger partial charge in [-0.2, -0.15) is 0 Å². The summed E-state index contributed by atoms with van der Waals surface area (Å²) in [5, 5.41) is 3.11. The molecule has 0 aliphatic carbocycles. The molecule has 0 radical (unpaired) electrons. The van der Waals surface area contributed by atoms with Gasteiger partial charge in [-0.1, -0.05) is 18.2 Å². The number of rotatable bonds is 8. The van der Waals surface area contributed by atoms with E-state index in [1.54, 1.807) is 30.6 Å². The van der Waals surface area contributed by atoms with Crippen molar-refractivity contribution in [2.75, 3.05) is 33.3 Å². The fourth-order valence-electron chi connectivity index (χ4n) is 3.98. The molecule has 3 heterocycles. The van der Waals surface area contributed by atoms with Crippen molar-refractivity contribution in [2.45, 2.75) is 13.2 Å². The largest absolute Gasteiger partial charge is 0.497 e. The molecular weight excluding hydrogens is 462 g/mol. The molecule has 2 aromatic heterocycles. The molecule has 1 aliphatic rings. The summed E-state index contributed by atoms with van der Waals surface area (Å²) in [5.74, 6) is 2.51. The quantitative estimate of drug-likeness (QED) is 0.349. The highest BCUT2D eigenvalue weighted by molar-refractivity contribution is 7.13.